The van der Waals surface area contributed by atoms with E-state index in [4.69, 9.17) is 5.73 Å². The molecule has 1 fully saturated rings. The number of thiazole rings is 1. The number of piperidine rings is 1. The summed E-state index contributed by atoms with van der Waals surface area (Å²) in [6, 6.07) is 10.4. The largest absolute Gasteiger partial charge is 0.375 e. The van der Waals surface area contributed by atoms with Crippen LogP contribution < -0.4 is 11.1 Å². The summed E-state index contributed by atoms with van der Waals surface area (Å²) < 4.78 is 0. The molecule has 0 atom stereocenters. The number of benzene rings is 1. The zero-order valence-electron chi connectivity index (χ0n) is 15.6. The van der Waals surface area contributed by atoms with Crippen molar-refractivity contribution in [1.29, 1.82) is 0 Å². The van der Waals surface area contributed by atoms with E-state index in [0.29, 0.717) is 29.7 Å². The molecule has 4 rings (SSSR count). The van der Waals surface area contributed by atoms with Gasteiger partial charge in [0.1, 0.15) is 0 Å². The first-order chi connectivity index (χ1) is 13.6. The first-order valence-electron chi connectivity index (χ1n) is 9.18. The molecule has 1 saturated heterocycles. The summed E-state index contributed by atoms with van der Waals surface area (Å²) in [6.45, 7) is 1.28. The Balaban J connectivity index is 1.57. The maximum Gasteiger partial charge on any atom is 0.256 e. The number of hydrogen-bond acceptors (Lipinski definition) is 7. The van der Waals surface area contributed by atoms with Crippen molar-refractivity contribution < 1.29 is 4.79 Å². The molecule has 0 spiro atoms. The molecule has 3 heterocycles. The molecule has 3 aromatic rings. The van der Waals surface area contributed by atoms with Gasteiger partial charge >= 0.3 is 0 Å². The van der Waals surface area contributed by atoms with Crippen molar-refractivity contribution >= 4 is 28.3 Å². The zero-order chi connectivity index (χ0) is 19.6. The Kier molecular flexibility index (Phi) is 4.95. The second kappa shape index (κ2) is 7.55. The number of rotatable bonds is 4. The van der Waals surface area contributed by atoms with Crippen LogP contribution in [0.15, 0.2) is 48.1 Å². The Labute approximate surface area is 167 Å². The fourth-order valence-electron chi connectivity index (χ4n) is 3.80. The van der Waals surface area contributed by atoms with Crippen molar-refractivity contribution in [2.24, 2.45) is 0 Å². The van der Waals surface area contributed by atoms with E-state index in [0.717, 1.165) is 18.5 Å². The summed E-state index contributed by atoms with van der Waals surface area (Å²) >= 11 is 1.46. The number of nitrogens with two attached hydrogens (primary N) is 1. The van der Waals surface area contributed by atoms with Gasteiger partial charge in [-0.1, -0.05) is 30.3 Å². The SMILES string of the molecule is CNc1ncc(C(=O)N2CCC(c3ccccc3)(c3csc(N)n3)CC2)cn1. The molecule has 0 bridgehead atoms. The Bertz CT molecular complexity index is 948. The molecule has 1 aliphatic heterocycles. The predicted molar refractivity (Wildman–Crippen MR) is 110 cm³/mol. The van der Waals surface area contributed by atoms with Gasteiger partial charge in [-0.3, -0.25) is 4.79 Å². The Morgan fingerprint density at radius 2 is 1.86 bits per heavy atom. The van der Waals surface area contributed by atoms with Crippen LogP contribution in [0.25, 0.3) is 0 Å². The van der Waals surface area contributed by atoms with Gasteiger partial charge in [-0.2, -0.15) is 0 Å². The van der Waals surface area contributed by atoms with Crippen molar-refractivity contribution in [3.05, 3.63) is 64.9 Å². The molecule has 0 radical (unpaired) electrons. The topological polar surface area (TPSA) is 97.0 Å². The third-order valence-corrected chi connectivity index (χ3v) is 6.04. The minimum Gasteiger partial charge on any atom is -0.375 e. The number of likely N-dealkylation sites (tertiary alicyclic amines) is 1. The Morgan fingerprint density at radius 1 is 1.18 bits per heavy atom. The fourth-order valence-corrected chi connectivity index (χ4v) is 4.46. The van der Waals surface area contributed by atoms with Crippen molar-refractivity contribution in [2.45, 2.75) is 18.3 Å². The quantitative estimate of drug-likeness (QED) is 0.706. The van der Waals surface area contributed by atoms with Crippen molar-refractivity contribution in [2.75, 3.05) is 31.2 Å². The molecule has 28 heavy (non-hydrogen) atoms. The minimum atomic E-state index is -0.224. The molecular weight excluding hydrogens is 372 g/mol. The third kappa shape index (κ3) is 3.31. The Hall–Kier alpha value is -3.00. The van der Waals surface area contributed by atoms with E-state index in [1.54, 1.807) is 19.4 Å². The van der Waals surface area contributed by atoms with Crippen molar-refractivity contribution in [3.8, 4) is 0 Å². The number of nitrogens with one attached hydrogen (secondary N) is 1. The number of amides is 1. The van der Waals surface area contributed by atoms with Crippen LogP contribution in [-0.4, -0.2) is 45.9 Å². The van der Waals surface area contributed by atoms with Crippen molar-refractivity contribution in [3.63, 3.8) is 0 Å². The maximum absolute atomic E-state index is 12.9. The third-order valence-electron chi connectivity index (χ3n) is 5.37. The van der Waals surface area contributed by atoms with Gasteiger partial charge in [-0.25, -0.2) is 15.0 Å². The normalized spacial score (nSPS) is 16.0. The molecule has 0 unspecified atom stereocenters. The van der Waals surface area contributed by atoms with Crippen molar-refractivity contribution in [1.82, 2.24) is 19.9 Å². The fraction of sp³-hybridized carbons (Fsp3) is 0.300. The molecule has 1 aromatic carbocycles. The molecule has 0 aliphatic carbocycles. The molecule has 8 heteroatoms. The van der Waals surface area contributed by atoms with Crippen LogP contribution in [0.1, 0.15) is 34.5 Å². The summed E-state index contributed by atoms with van der Waals surface area (Å²) in [6.07, 6.45) is 4.73. The van der Waals surface area contributed by atoms with E-state index >= 15 is 0 Å². The number of hydrogen-bond donors (Lipinski definition) is 2. The highest BCUT2D eigenvalue weighted by Gasteiger charge is 2.40. The predicted octanol–water partition coefficient (Wildman–Crippen LogP) is 2.78. The van der Waals surface area contributed by atoms with E-state index in [1.165, 1.54) is 16.9 Å². The van der Waals surface area contributed by atoms with Gasteiger partial charge in [0.2, 0.25) is 5.95 Å². The van der Waals surface area contributed by atoms with Crippen LogP contribution in [0.4, 0.5) is 11.1 Å². The molecule has 2 aromatic heterocycles. The molecule has 1 amide bonds. The summed E-state index contributed by atoms with van der Waals surface area (Å²) in [7, 11) is 1.75. The van der Waals surface area contributed by atoms with Gasteiger partial charge in [-0.05, 0) is 18.4 Å². The minimum absolute atomic E-state index is 0.0397. The van der Waals surface area contributed by atoms with Gasteiger partial charge < -0.3 is 16.0 Å². The monoisotopic (exact) mass is 394 g/mol. The molecule has 0 saturated carbocycles. The van der Waals surface area contributed by atoms with E-state index in [1.807, 2.05) is 28.5 Å². The molecule has 3 N–H and O–H groups in total. The van der Waals surface area contributed by atoms with E-state index < -0.39 is 0 Å². The molecular formula is C20H22N6OS. The highest BCUT2D eigenvalue weighted by Crippen LogP contribution is 2.42. The van der Waals surface area contributed by atoms with E-state index in [2.05, 4.69) is 32.4 Å². The lowest BCUT2D eigenvalue weighted by molar-refractivity contribution is 0.0683. The molecule has 1 aliphatic rings. The second-order valence-corrected chi connectivity index (χ2v) is 7.75. The lowest BCUT2D eigenvalue weighted by Gasteiger charge is -2.41. The summed E-state index contributed by atoms with van der Waals surface area (Å²) in [5.74, 6) is 0.460. The zero-order valence-corrected chi connectivity index (χ0v) is 16.4. The van der Waals surface area contributed by atoms with Gasteiger partial charge in [0.05, 0.1) is 11.3 Å². The summed E-state index contributed by atoms with van der Waals surface area (Å²) in [4.78, 5) is 27.6. The highest BCUT2D eigenvalue weighted by molar-refractivity contribution is 7.13. The van der Waals surface area contributed by atoms with Crippen LogP contribution >= 0.6 is 11.3 Å². The van der Waals surface area contributed by atoms with E-state index in [9.17, 15) is 4.79 Å². The average Bonchev–Trinajstić information content (AvgIpc) is 3.21. The van der Waals surface area contributed by atoms with Crippen LogP contribution in [0.2, 0.25) is 0 Å². The molecule has 7 nitrogen and oxygen atoms in total. The number of nitrogens with zero attached hydrogens (tertiary/aromatic N) is 4. The lowest BCUT2D eigenvalue weighted by Crippen LogP contribution is -2.46. The number of carbonyl (C=O) groups excluding carboxylic acids is 1. The summed E-state index contributed by atoms with van der Waals surface area (Å²) in [5.41, 5.74) is 8.41. The molecule has 144 valence electrons. The summed E-state index contributed by atoms with van der Waals surface area (Å²) in [5, 5.41) is 5.48. The van der Waals surface area contributed by atoms with E-state index in [-0.39, 0.29) is 11.3 Å². The van der Waals surface area contributed by atoms with Crippen LogP contribution in [-0.2, 0) is 5.41 Å². The number of nitrogen functional groups attached to an aromatic ring is 1. The van der Waals surface area contributed by atoms with Gasteiger partial charge in [0, 0.05) is 43.3 Å². The first-order valence-corrected chi connectivity index (χ1v) is 10.1. The average molecular weight is 395 g/mol. The van der Waals surface area contributed by atoms with Gasteiger partial charge in [-0.15, -0.1) is 11.3 Å². The standard InChI is InChI=1S/C20H22N6OS/c1-22-19-23-11-14(12-24-19)17(27)26-9-7-20(8-10-26,15-5-3-2-4-6-15)16-13-28-18(21)25-16/h2-6,11-13H,7-10H2,1H3,(H2,21,25)(H,22,23,24). The lowest BCUT2D eigenvalue weighted by atomic mass is 9.70. The van der Waals surface area contributed by atoms with Crippen LogP contribution in [0.3, 0.4) is 0 Å². The number of carbonyl (C=O) groups is 1. The van der Waals surface area contributed by atoms with Gasteiger partial charge in [0.15, 0.2) is 5.13 Å². The van der Waals surface area contributed by atoms with Crippen LogP contribution in [0, 0.1) is 0 Å². The van der Waals surface area contributed by atoms with Gasteiger partial charge in [0.25, 0.3) is 5.91 Å². The maximum atomic E-state index is 12.9. The number of anilines is 2. The number of aromatic nitrogens is 3. The van der Waals surface area contributed by atoms with Crippen LogP contribution in [0.5, 0.6) is 0 Å². The first kappa shape index (κ1) is 18.4. The highest BCUT2D eigenvalue weighted by atomic mass is 32.1. The second-order valence-electron chi connectivity index (χ2n) is 6.86. The Morgan fingerprint density at radius 3 is 2.43 bits per heavy atom. The smallest absolute Gasteiger partial charge is 0.256 e.